The summed E-state index contributed by atoms with van der Waals surface area (Å²) < 4.78 is 13.7. The molecular weight excluding hydrogens is 227 g/mol. The number of pyridine rings is 1. The summed E-state index contributed by atoms with van der Waals surface area (Å²) in [6, 6.07) is 8.53. The number of nitrogens with two attached hydrogens (primary N) is 1. The van der Waals surface area contributed by atoms with Crippen LogP contribution in [-0.4, -0.2) is 4.98 Å². The zero-order valence-electron chi connectivity index (χ0n) is 10.7. The van der Waals surface area contributed by atoms with E-state index in [-0.39, 0.29) is 11.9 Å². The summed E-state index contributed by atoms with van der Waals surface area (Å²) in [7, 11) is 0. The van der Waals surface area contributed by atoms with Crippen molar-refractivity contribution in [1.29, 1.82) is 0 Å². The van der Waals surface area contributed by atoms with Gasteiger partial charge in [-0.25, -0.2) is 4.39 Å². The Kier molecular flexibility index (Phi) is 3.72. The van der Waals surface area contributed by atoms with Gasteiger partial charge in [-0.1, -0.05) is 23.8 Å². The molecule has 0 fully saturated rings. The molecule has 0 aliphatic carbocycles. The summed E-state index contributed by atoms with van der Waals surface area (Å²) in [5.74, 6) is -0.248. The van der Waals surface area contributed by atoms with Crippen molar-refractivity contribution < 1.29 is 4.39 Å². The van der Waals surface area contributed by atoms with Crippen molar-refractivity contribution in [2.75, 3.05) is 0 Å². The minimum absolute atomic E-state index is 0.248. The maximum absolute atomic E-state index is 13.7. The molecule has 0 saturated carbocycles. The van der Waals surface area contributed by atoms with Crippen molar-refractivity contribution in [3.8, 4) is 0 Å². The number of nitrogens with zero attached hydrogens (tertiary/aromatic N) is 1. The van der Waals surface area contributed by atoms with Crippen molar-refractivity contribution in [3.63, 3.8) is 0 Å². The van der Waals surface area contributed by atoms with Crippen molar-refractivity contribution in [1.82, 2.24) is 4.98 Å². The molecule has 18 heavy (non-hydrogen) atoms. The molecule has 1 unspecified atom stereocenters. The van der Waals surface area contributed by atoms with Gasteiger partial charge >= 0.3 is 0 Å². The first kappa shape index (κ1) is 12.7. The van der Waals surface area contributed by atoms with Gasteiger partial charge in [0, 0.05) is 29.9 Å². The van der Waals surface area contributed by atoms with Crippen LogP contribution in [0.1, 0.15) is 28.4 Å². The second-order valence-corrected chi connectivity index (χ2v) is 4.60. The molecule has 2 N–H and O–H groups in total. The monoisotopic (exact) mass is 244 g/mol. The Labute approximate surface area is 107 Å². The predicted octanol–water partition coefficient (Wildman–Crippen LogP) is 3.08. The van der Waals surface area contributed by atoms with Gasteiger partial charge in [0.05, 0.1) is 0 Å². The normalized spacial score (nSPS) is 12.4. The smallest absolute Gasteiger partial charge is 0.128 e. The first-order valence-electron chi connectivity index (χ1n) is 6.00. The van der Waals surface area contributed by atoms with Crippen LogP contribution >= 0.6 is 0 Å². The maximum atomic E-state index is 13.7. The molecule has 94 valence electrons. The third-order valence-electron chi connectivity index (χ3n) is 3.08. The Bertz CT molecular complexity index is 552. The van der Waals surface area contributed by atoms with Crippen LogP contribution in [0.4, 0.5) is 4.39 Å². The van der Waals surface area contributed by atoms with Crippen LogP contribution in [0.2, 0.25) is 0 Å². The molecule has 0 aliphatic rings. The van der Waals surface area contributed by atoms with E-state index in [1.54, 1.807) is 18.3 Å². The molecule has 1 atom stereocenters. The van der Waals surface area contributed by atoms with E-state index >= 15 is 0 Å². The quantitative estimate of drug-likeness (QED) is 0.901. The molecule has 2 rings (SSSR count). The Hall–Kier alpha value is -1.74. The van der Waals surface area contributed by atoms with E-state index in [4.69, 9.17) is 5.73 Å². The van der Waals surface area contributed by atoms with Crippen molar-refractivity contribution in [2.45, 2.75) is 26.3 Å². The average molecular weight is 244 g/mol. The van der Waals surface area contributed by atoms with E-state index in [0.717, 1.165) is 16.8 Å². The highest BCUT2D eigenvalue weighted by molar-refractivity contribution is 5.29. The van der Waals surface area contributed by atoms with Gasteiger partial charge in [0.2, 0.25) is 0 Å². The highest BCUT2D eigenvalue weighted by Crippen LogP contribution is 2.20. The second-order valence-electron chi connectivity index (χ2n) is 4.60. The van der Waals surface area contributed by atoms with Crippen LogP contribution in [0.5, 0.6) is 0 Å². The SMILES string of the molecule is Cc1ccc(F)c(C(N)Cc2ncccc2C)c1. The number of aryl methyl sites for hydroxylation is 2. The van der Waals surface area contributed by atoms with Crippen LogP contribution < -0.4 is 5.73 Å². The van der Waals surface area contributed by atoms with Gasteiger partial charge in [-0.2, -0.15) is 0 Å². The first-order valence-corrected chi connectivity index (χ1v) is 6.00. The molecule has 0 aliphatic heterocycles. The van der Waals surface area contributed by atoms with Crippen LogP contribution in [0, 0.1) is 19.7 Å². The lowest BCUT2D eigenvalue weighted by molar-refractivity contribution is 0.577. The predicted molar refractivity (Wildman–Crippen MR) is 70.7 cm³/mol. The third kappa shape index (κ3) is 2.74. The lowest BCUT2D eigenvalue weighted by Crippen LogP contribution is -2.16. The number of aromatic nitrogens is 1. The van der Waals surface area contributed by atoms with Crippen molar-refractivity contribution in [2.24, 2.45) is 5.73 Å². The molecule has 2 nitrogen and oxygen atoms in total. The molecular formula is C15H17FN2. The highest BCUT2D eigenvalue weighted by Gasteiger charge is 2.13. The Morgan fingerprint density at radius 3 is 2.78 bits per heavy atom. The zero-order valence-corrected chi connectivity index (χ0v) is 10.7. The van der Waals surface area contributed by atoms with E-state index in [9.17, 15) is 4.39 Å². The van der Waals surface area contributed by atoms with Gasteiger partial charge in [0.15, 0.2) is 0 Å². The Balaban J connectivity index is 2.25. The minimum atomic E-state index is -0.363. The maximum Gasteiger partial charge on any atom is 0.128 e. The molecule has 2 aromatic rings. The van der Waals surface area contributed by atoms with E-state index < -0.39 is 0 Å². The summed E-state index contributed by atoms with van der Waals surface area (Å²) in [6.07, 6.45) is 2.29. The standard InChI is InChI=1S/C15H17FN2/c1-10-5-6-13(16)12(8-10)14(17)9-15-11(2)4-3-7-18-15/h3-8,14H,9,17H2,1-2H3. The highest BCUT2D eigenvalue weighted by atomic mass is 19.1. The number of hydrogen-bond donors (Lipinski definition) is 1. The number of benzene rings is 1. The van der Waals surface area contributed by atoms with Gasteiger partial charge in [0.1, 0.15) is 5.82 Å². The summed E-state index contributed by atoms with van der Waals surface area (Å²) in [5.41, 5.74) is 9.66. The third-order valence-corrected chi connectivity index (χ3v) is 3.08. The molecule has 0 spiro atoms. The van der Waals surface area contributed by atoms with Crippen molar-refractivity contribution in [3.05, 3.63) is 64.7 Å². The van der Waals surface area contributed by atoms with Gasteiger partial charge in [-0.3, -0.25) is 4.98 Å². The van der Waals surface area contributed by atoms with Crippen LogP contribution in [0.3, 0.4) is 0 Å². The van der Waals surface area contributed by atoms with Gasteiger partial charge in [-0.15, -0.1) is 0 Å². The fraction of sp³-hybridized carbons (Fsp3) is 0.267. The average Bonchev–Trinajstić information content (AvgIpc) is 2.35. The first-order chi connectivity index (χ1) is 8.58. The fourth-order valence-corrected chi connectivity index (χ4v) is 2.00. The molecule has 0 radical (unpaired) electrons. The molecule has 1 aromatic heterocycles. The van der Waals surface area contributed by atoms with E-state index in [0.29, 0.717) is 12.0 Å². The van der Waals surface area contributed by atoms with Crippen LogP contribution in [-0.2, 0) is 6.42 Å². The minimum Gasteiger partial charge on any atom is -0.324 e. The van der Waals surface area contributed by atoms with Crippen LogP contribution in [0.25, 0.3) is 0 Å². The summed E-state index contributed by atoms with van der Waals surface area (Å²) in [5, 5.41) is 0. The Morgan fingerprint density at radius 2 is 2.06 bits per heavy atom. The summed E-state index contributed by atoms with van der Waals surface area (Å²) >= 11 is 0. The molecule has 1 aromatic carbocycles. The lowest BCUT2D eigenvalue weighted by Gasteiger charge is -2.14. The number of halogens is 1. The fourth-order valence-electron chi connectivity index (χ4n) is 2.00. The number of rotatable bonds is 3. The summed E-state index contributed by atoms with van der Waals surface area (Å²) in [4.78, 5) is 4.29. The van der Waals surface area contributed by atoms with Crippen molar-refractivity contribution >= 4 is 0 Å². The molecule has 0 saturated heterocycles. The molecule has 3 heteroatoms. The summed E-state index contributed by atoms with van der Waals surface area (Å²) in [6.45, 7) is 3.92. The molecule has 0 bridgehead atoms. The largest absolute Gasteiger partial charge is 0.324 e. The van der Waals surface area contributed by atoms with E-state index in [1.807, 2.05) is 26.0 Å². The zero-order chi connectivity index (χ0) is 13.1. The second kappa shape index (κ2) is 5.27. The number of hydrogen-bond acceptors (Lipinski definition) is 2. The van der Waals surface area contributed by atoms with Gasteiger partial charge in [-0.05, 0) is 31.5 Å². The van der Waals surface area contributed by atoms with Gasteiger partial charge in [0.25, 0.3) is 0 Å². The van der Waals surface area contributed by atoms with E-state index in [1.165, 1.54) is 6.07 Å². The van der Waals surface area contributed by atoms with E-state index in [2.05, 4.69) is 4.98 Å². The topological polar surface area (TPSA) is 38.9 Å². The molecule has 1 heterocycles. The lowest BCUT2D eigenvalue weighted by atomic mass is 9.98. The van der Waals surface area contributed by atoms with Crippen LogP contribution in [0.15, 0.2) is 36.5 Å². The molecule has 0 amide bonds. The Morgan fingerprint density at radius 1 is 1.28 bits per heavy atom. The van der Waals surface area contributed by atoms with Gasteiger partial charge < -0.3 is 5.73 Å².